The highest BCUT2D eigenvalue weighted by molar-refractivity contribution is 5.97. The van der Waals surface area contributed by atoms with Gasteiger partial charge in [0.25, 0.3) is 0 Å². The summed E-state index contributed by atoms with van der Waals surface area (Å²) in [6, 6.07) is -0.815. The Labute approximate surface area is 165 Å². The fraction of sp³-hybridized carbons (Fsp3) is 0.700. The van der Waals surface area contributed by atoms with E-state index in [9.17, 15) is 19.7 Å². The van der Waals surface area contributed by atoms with Crippen molar-refractivity contribution < 1.29 is 24.0 Å². The zero-order valence-electron chi connectivity index (χ0n) is 17.2. The van der Waals surface area contributed by atoms with Crippen LogP contribution in [0.4, 0.5) is 0 Å². The number of nitrogens with one attached hydrogen (secondary N) is 1. The summed E-state index contributed by atoms with van der Waals surface area (Å²) in [6.07, 6.45) is 2.58. The van der Waals surface area contributed by atoms with Gasteiger partial charge in [-0.05, 0) is 32.6 Å². The van der Waals surface area contributed by atoms with Gasteiger partial charge in [-0.25, -0.2) is 9.59 Å². The van der Waals surface area contributed by atoms with Crippen molar-refractivity contribution in [2.24, 2.45) is 17.8 Å². The molecule has 0 saturated heterocycles. The summed E-state index contributed by atoms with van der Waals surface area (Å²) >= 11 is 0. The van der Waals surface area contributed by atoms with E-state index in [0.29, 0.717) is 29.8 Å². The molecular formula is C20H30N2O6. The second-order valence-corrected chi connectivity index (χ2v) is 7.96. The summed E-state index contributed by atoms with van der Waals surface area (Å²) < 4.78 is 10.4. The number of nitro groups is 1. The van der Waals surface area contributed by atoms with Gasteiger partial charge in [0.1, 0.15) is 0 Å². The molecule has 2 aliphatic rings. The third kappa shape index (κ3) is 4.54. The lowest BCUT2D eigenvalue weighted by atomic mass is 9.68. The number of carbonyl (C=O) groups excluding carboxylic acids is 2. The van der Waals surface area contributed by atoms with Crippen molar-refractivity contribution in [1.82, 2.24) is 5.32 Å². The first-order valence-electron chi connectivity index (χ1n) is 9.76. The van der Waals surface area contributed by atoms with E-state index in [1.165, 1.54) is 7.11 Å². The third-order valence-corrected chi connectivity index (χ3v) is 5.46. The molecule has 1 heterocycles. The molecule has 0 bridgehead atoms. The maximum atomic E-state index is 12.9. The maximum Gasteiger partial charge on any atom is 0.336 e. The Bertz CT molecular complexity index is 709. The van der Waals surface area contributed by atoms with E-state index in [1.54, 1.807) is 13.8 Å². The monoisotopic (exact) mass is 394 g/mol. The summed E-state index contributed by atoms with van der Waals surface area (Å²) in [4.78, 5) is 37.0. The fourth-order valence-electron chi connectivity index (χ4n) is 4.24. The Morgan fingerprint density at radius 1 is 1.14 bits per heavy atom. The molecule has 8 heteroatoms. The number of ether oxygens (including phenoxy) is 2. The first-order chi connectivity index (χ1) is 13.2. The minimum atomic E-state index is -0.815. The molecule has 156 valence electrons. The molecule has 0 spiro atoms. The van der Waals surface area contributed by atoms with Gasteiger partial charge in [0.15, 0.2) is 0 Å². The normalized spacial score (nSPS) is 25.4. The van der Waals surface area contributed by atoms with E-state index in [4.69, 9.17) is 9.47 Å². The smallest absolute Gasteiger partial charge is 0.336 e. The maximum absolute atomic E-state index is 12.9. The quantitative estimate of drug-likeness (QED) is 0.419. The van der Waals surface area contributed by atoms with Gasteiger partial charge in [0, 0.05) is 34.6 Å². The first-order valence-corrected chi connectivity index (χ1v) is 9.76. The molecule has 1 N–H and O–H groups in total. The Morgan fingerprint density at radius 3 is 2.25 bits per heavy atom. The lowest BCUT2D eigenvalue weighted by Crippen LogP contribution is -2.44. The molecule has 0 amide bonds. The molecule has 2 rings (SSSR count). The predicted octanol–water partition coefficient (Wildman–Crippen LogP) is 2.96. The van der Waals surface area contributed by atoms with Gasteiger partial charge in [0.2, 0.25) is 6.04 Å². The number of nitrogens with zero attached hydrogens (tertiary/aromatic N) is 1. The summed E-state index contributed by atoms with van der Waals surface area (Å²) in [5.74, 6) is -2.15. The van der Waals surface area contributed by atoms with Gasteiger partial charge in [-0.3, -0.25) is 10.1 Å². The molecule has 3 unspecified atom stereocenters. The van der Waals surface area contributed by atoms with Gasteiger partial charge >= 0.3 is 11.9 Å². The third-order valence-electron chi connectivity index (χ3n) is 5.46. The number of hydrogen-bond acceptors (Lipinski definition) is 7. The van der Waals surface area contributed by atoms with Crippen molar-refractivity contribution in [2.75, 3.05) is 13.7 Å². The van der Waals surface area contributed by atoms with Crippen LogP contribution in [0.15, 0.2) is 22.5 Å². The van der Waals surface area contributed by atoms with E-state index >= 15 is 0 Å². The minimum Gasteiger partial charge on any atom is -0.466 e. The average Bonchev–Trinajstić information content (AvgIpc) is 2.64. The zero-order chi connectivity index (χ0) is 21.0. The highest BCUT2D eigenvalue weighted by atomic mass is 16.6. The second kappa shape index (κ2) is 9.21. The van der Waals surface area contributed by atoms with Crippen LogP contribution in [0.5, 0.6) is 0 Å². The molecule has 1 aliphatic carbocycles. The van der Waals surface area contributed by atoms with Crippen LogP contribution < -0.4 is 5.32 Å². The van der Waals surface area contributed by atoms with Gasteiger partial charge < -0.3 is 14.8 Å². The summed E-state index contributed by atoms with van der Waals surface area (Å²) in [5.41, 5.74) is 1.70. The predicted molar refractivity (Wildman–Crippen MR) is 103 cm³/mol. The van der Waals surface area contributed by atoms with Gasteiger partial charge in [-0.1, -0.05) is 20.3 Å². The van der Waals surface area contributed by atoms with Crippen molar-refractivity contribution in [3.8, 4) is 0 Å². The number of dihydropyridines is 1. The number of methoxy groups -OCH3 is 1. The number of esters is 2. The van der Waals surface area contributed by atoms with Crippen molar-refractivity contribution in [2.45, 2.75) is 59.4 Å². The molecule has 28 heavy (non-hydrogen) atoms. The zero-order valence-corrected chi connectivity index (χ0v) is 17.2. The van der Waals surface area contributed by atoms with Crippen LogP contribution in [0.3, 0.4) is 0 Å². The molecule has 0 aromatic heterocycles. The molecule has 0 aromatic rings. The first kappa shape index (κ1) is 21.9. The molecule has 0 radical (unpaired) electrons. The standard InChI is InChI=1S/C20H30N2O6/c1-11(2)10-28-20(24)17-13(4)21-12(3)16(19(23)27-5)18(17)14-8-6-7-9-15(14)22(25)26/h11,14-15,18,21H,6-10H2,1-5H3. The average molecular weight is 394 g/mol. The van der Waals surface area contributed by atoms with Gasteiger partial charge in [0.05, 0.1) is 24.9 Å². The number of hydrogen-bond donors (Lipinski definition) is 1. The second-order valence-electron chi connectivity index (χ2n) is 7.96. The Morgan fingerprint density at radius 2 is 1.71 bits per heavy atom. The van der Waals surface area contributed by atoms with E-state index in [1.807, 2.05) is 13.8 Å². The topological polar surface area (TPSA) is 108 Å². The van der Waals surface area contributed by atoms with Crippen molar-refractivity contribution in [3.63, 3.8) is 0 Å². The summed E-state index contributed by atoms with van der Waals surface area (Å²) in [7, 11) is 1.27. The van der Waals surface area contributed by atoms with Crippen LogP contribution in [-0.2, 0) is 19.1 Å². The van der Waals surface area contributed by atoms with E-state index in [-0.39, 0.29) is 23.0 Å². The molecule has 1 aliphatic heterocycles. The van der Waals surface area contributed by atoms with Crippen LogP contribution in [-0.4, -0.2) is 36.6 Å². The molecule has 0 aromatic carbocycles. The van der Waals surface area contributed by atoms with Crippen molar-refractivity contribution >= 4 is 11.9 Å². The Balaban J connectivity index is 2.54. The lowest BCUT2D eigenvalue weighted by molar-refractivity contribution is -0.537. The number of carbonyl (C=O) groups is 2. The number of allylic oxidation sites excluding steroid dienone is 2. The fourth-order valence-corrected chi connectivity index (χ4v) is 4.24. The molecule has 1 saturated carbocycles. The van der Waals surface area contributed by atoms with Crippen LogP contribution in [0, 0.1) is 27.9 Å². The van der Waals surface area contributed by atoms with E-state index in [0.717, 1.165) is 12.8 Å². The summed E-state index contributed by atoms with van der Waals surface area (Å²) in [5, 5.41) is 14.8. The van der Waals surface area contributed by atoms with Crippen molar-refractivity contribution in [3.05, 3.63) is 32.7 Å². The lowest BCUT2D eigenvalue weighted by Gasteiger charge is -2.37. The highest BCUT2D eigenvalue weighted by Crippen LogP contribution is 2.43. The van der Waals surface area contributed by atoms with Crippen LogP contribution in [0.1, 0.15) is 53.4 Å². The van der Waals surface area contributed by atoms with Crippen molar-refractivity contribution in [1.29, 1.82) is 0 Å². The minimum absolute atomic E-state index is 0.151. The Kier molecular flexibility index (Phi) is 7.21. The largest absolute Gasteiger partial charge is 0.466 e. The molecule has 3 atom stereocenters. The van der Waals surface area contributed by atoms with Gasteiger partial charge in [-0.2, -0.15) is 0 Å². The van der Waals surface area contributed by atoms with Crippen LogP contribution >= 0.6 is 0 Å². The molecule has 1 fully saturated rings. The van der Waals surface area contributed by atoms with Crippen LogP contribution in [0.25, 0.3) is 0 Å². The highest BCUT2D eigenvalue weighted by Gasteiger charge is 2.48. The Hall–Kier alpha value is -2.38. The number of rotatable bonds is 6. The van der Waals surface area contributed by atoms with Crippen LogP contribution in [0.2, 0.25) is 0 Å². The SMILES string of the molecule is COC(=O)C1=C(C)NC(C)=C(C(=O)OCC(C)C)C1C1CCCCC1[N+](=O)[O-]. The summed E-state index contributed by atoms with van der Waals surface area (Å²) in [6.45, 7) is 7.56. The molecule has 8 nitrogen and oxygen atoms in total. The van der Waals surface area contributed by atoms with Gasteiger partial charge in [-0.15, -0.1) is 0 Å². The molecular weight excluding hydrogens is 364 g/mol. The van der Waals surface area contributed by atoms with E-state index in [2.05, 4.69) is 5.32 Å². The van der Waals surface area contributed by atoms with E-state index < -0.39 is 29.8 Å².